The van der Waals surface area contributed by atoms with Crippen LogP contribution in [0, 0.1) is 0 Å². The Morgan fingerprint density at radius 2 is 0.794 bits per heavy atom. The Kier molecular flexibility index (Phi) is 8.95. The van der Waals surface area contributed by atoms with E-state index in [1.54, 1.807) is 0 Å². The van der Waals surface area contributed by atoms with E-state index in [2.05, 4.69) is 268 Å². The molecule has 0 unspecified atom stereocenters. The Labute approximate surface area is 399 Å². The minimum absolute atomic E-state index is 0.142. The number of aromatic nitrogens is 1. The second-order valence-electron chi connectivity index (χ2n) is 19.7. The van der Waals surface area contributed by atoms with Crippen molar-refractivity contribution in [3.05, 3.63) is 253 Å². The van der Waals surface area contributed by atoms with E-state index in [0.29, 0.717) is 0 Å². The van der Waals surface area contributed by atoms with Crippen molar-refractivity contribution in [3.63, 3.8) is 0 Å². The summed E-state index contributed by atoms with van der Waals surface area (Å²) in [7, 11) is 0. The third-order valence-electron chi connectivity index (χ3n) is 15.2. The third kappa shape index (κ3) is 6.03. The van der Waals surface area contributed by atoms with Gasteiger partial charge >= 0.3 is 0 Å². The number of anilines is 3. The van der Waals surface area contributed by atoms with E-state index in [-0.39, 0.29) is 10.8 Å². The van der Waals surface area contributed by atoms with Crippen molar-refractivity contribution in [2.24, 2.45) is 0 Å². The molecular weight excluding hydrogens is 821 g/mol. The predicted molar refractivity (Wildman–Crippen MR) is 287 cm³/mol. The summed E-state index contributed by atoms with van der Waals surface area (Å²) in [5, 5.41) is 2.49. The smallest absolute Gasteiger partial charge is 0.0619 e. The van der Waals surface area contributed by atoms with Crippen molar-refractivity contribution in [1.82, 2.24) is 4.57 Å². The van der Waals surface area contributed by atoms with Gasteiger partial charge < -0.3 is 9.47 Å². The third-order valence-corrected chi connectivity index (χ3v) is 15.2. The van der Waals surface area contributed by atoms with Crippen LogP contribution in [-0.2, 0) is 10.8 Å². The molecule has 0 saturated heterocycles. The second kappa shape index (κ2) is 15.2. The highest BCUT2D eigenvalue weighted by molar-refractivity contribution is 6.14. The molecular formula is C66H50N2. The molecule has 2 heteroatoms. The van der Waals surface area contributed by atoms with Gasteiger partial charge in [-0.15, -0.1) is 0 Å². The van der Waals surface area contributed by atoms with Crippen LogP contribution in [0.25, 0.3) is 83.1 Å². The van der Waals surface area contributed by atoms with Crippen molar-refractivity contribution >= 4 is 38.9 Å². The summed E-state index contributed by atoms with van der Waals surface area (Å²) in [5.74, 6) is 0. The molecule has 1 heterocycles. The van der Waals surface area contributed by atoms with Crippen LogP contribution in [0.1, 0.15) is 49.9 Å². The highest BCUT2D eigenvalue weighted by atomic mass is 15.1. The van der Waals surface area contributed by atoms with Gasteiger partial charge in [0.25, 0.3) is 0 Å². The van der Waals surface area contributed by atoms with Gasteiger partial charge in [-0.2, -0.15) is 0 Å². The number of hydrogen-bond donors (Lipinski definition) is 0. The molecule has 10 aromatic carbocycles. The summed E-state index contributed by atoms with van der Waals surface area (Å²) < 4.78 is 2.44. The topological polar surface area (TPSA) is 8.17 Å². The maximum Gasteiger partial charge on any atom is 0.0619 e. The van der Waals surface area contributed by atoms with Crippen molar-refractivity contribution in [2.45, 2.75) is 38.5 Å². The van der Waals surface area contributed by atoms with Crippen LogP contribution in [0.3, 0.4) is 0 Å². The molecule has 68 heavy (non-hydrogen) atoms. The molecule has 0 fully saturated rings. The van der Waals surface area contributed by atoms with E-state index in [1.165, 1.54) is 94.1 Å². The molecule has 324 valence electrons. The lowest BCUT2D eigenvalue weighted by atomic mass is 9.82. The molecule has 2 aliphatic carbocycles. The van der Waals surface area contributed by atoms with Gasteiger partial charge in [-0.05, 0) is 133 Å². The number of rotatable bonds is 7. The number of para-hydroxylation sites is 3. The normalized spacial score (nSPS) is 13.8. The zero-order valence-corrected chi connectivity index (χ0v) is 38.8. The Morgan fingerprint density at radius 3 is 1.47 bits per heavy atom. The Morgan fingerprint density at radius 1 is 0.309 bits per heavy atom. The molecule has 0 amide bonds. The van der Waals surface area contributed by atoms with Crippen molar-refractivity contribution < 1.29 is 0 Å². The van der Waals surface area contributed by atoms with Crippen LogP contribution >= 0.6 is 0 Å². The largest absolute Gasteiger partial charge is 0.310 e. The first-order valence-electron chi connectivity index (χ1n) is 23.9. The highest BCUT2D eigenvalue weighted by Crippen LogP contribution is 2.53. The van der Waals surface area contributed by atoms with Crippen molar-refractivity contribution in [2.75, 3.05) is 4.90 Å². The number of benzene rings is 10. The van der Waals surface area contributed by atoms with Crippen LogP contribution in [-0.4, -0.2) is 4.57 Å². The highest BCUT2D eigenvalue weighted by Gasteiger charge is 2.38. The van der Waals surface area contributed by atoms with Gasteiger partial charge in [-0.1, -0.05) is 198 Å². The van der Waals surface area contributed by atoms with Crippen LogP contribution in [0.5, 0.6) is 0 Å². The van der Waals surface area contributed by atoms with Crippen molar-refractivity contribution in [1.29, 1.82) is 0 Å². The molecule has 1 aromatic heterocycles. The van der Waals surface area contributed by atoms with Crippen LogP contribution in [0.2, 0.25) is 0 Å². The Hall–Kier alpha value is -8.20. The fourth-order valence-corrected chi connectivity index (χ4v) is 11.8. The fourth-order valence-electron chi connectivity index (χ4n) is 11.8. The number of hydrogen-bond acceptors (Lipinski definition) is 1. The average molecular weight is 871 g/mol. The first kappa shape index (κ1) is 40.1. The lowest BCUT2D eigenvalue weighted by molar-refractivity contribution is 0.660. The van der Waals surface area contributed by atoms with Gasteiger partial charge in [-0.3, -0.25) is 0 Å². The predicted octanol–water partition coefficient (Wildman–Crippen LogP) is 17.9. The quantitative estimate of drug-likeness (QED) is 0.155. The molecule has 0 N–H and O–H groups in total. The van der Waals surface area contributed by atoms with Crippen LogP contribution < -0.4 is 4.90 Å². The molecule has 11 aromatic rings. The maximum absolute atomic E-state index is 2.49. The summed E-state index contributed by atoms with van der Waals surface area (Å²) in [6.45, 7) is 9.50. The van der Waals surface area contributed by atoms with Gasteiger partial charge in [0.15, 0.2) is 0 Å². The summed E-state index contributed by atoms with van der Waals surface area (Å²) in [4.78, 5) is 2.49. The molecule has 13 rings (SSSR count). The minimum atomic E-state index is -0.142. The molecule has 0 atom stereocenters. The van der Waals surface area contributed by atoms with E-state index in [0.717, 1.165) is 28.3 Å². The van der Waals surface area contributed by atoms with Crippen molar-refractivity contribution in [3.8, 4) is 61.3 Å². The summed E-state index contributed by atoms with van der Waals surface area (Å²) in [5.41, 5.74) is 24.6. The molecule has 0 saturated carbocycles. The van der Waals surface area contributed by atoms with Gasteiger partial charge in [0.1, 0.15) is 0 Å². The molecule has 0 radical (unpaired) electrons. The monoisotopic (exact) mass is 870 g/mol. The van der Waals surface area contributed by atoms with E-state index in [9.17, 15) is 0 Å². The van der Waals surface area contributed by atoms with Crippen LogP contribution in [0.15, 0.2) is 231 Å². The van der Waals surface area contributed by atoms with Crippen LogP contribution in [0.4, 0.5) is 17.1 Å². The van der Waals surface area contributed by atoms with E-state index in [4.69, 9.17) is 0 Å². The van der Waals surface area contributed by atoms with Gasteiger partial charge in [0, 0.05) is 49.9 Å². The molecule has 0 aliphatic heterocycles. The SMILES string of the molecule is CC1(C)c2ccccc2-c2ccc(N(c3cccc(-c4cc(-c5cccc6c7ccccc7n(-c7ccccc7)c56)ccc4-c4ccccc4)c3)c3ccc4c(c3)C(C)(C)c3ccccc3-4)cc21. The summed E-state index contributed by atoms with van der Waals surface area (Å²) >= 11 is 0. The fraction of sp³-hybridized carbons (Fsp3) is 0.0909. The Bertz CT molecular complexity index is 3690. The first-order chi connectivity index (χ1) is 33.3. The van der Waals surface area contributed by atoms with Gasteiger partial charge in [0.05, 0.1) is 11.0 Å². The minimum Gasteiger partial charge on any atom is -0.310 e. The summed E-state index contributed by atoms with van der Waals surface area (Å²) in [6.07, 6.45) is 0. The van der Waals surface area contributed by atoms with E-state index < -0.39 is 0 Å². The molecule has 0 spiro atoms. The zero-order chi connectivity index (χ0) is 45.7. The van der Waals surface area contributed by atoms with E-state index >= 15 is 0 Å². The van der Waals surface area contributed by atoms with Gasteiger partial charge in [0.2, 0.25) is 0 Å². The first-order valence-corrected chi connectivity index (χ1v) is 23.9. The maximum atomic E-state index is 2.49. The number of nitrogens with zero attached hydrogens (tertiary/aromatic N) is 2. The van der Waals surface area contributed by atoms with Gasteiger partial charge in [-0.25, -0.2) is 0 Å². The lowest BCUT2D eigenvalue weighted by Gasteiger charge is -2.30. The molecule has 2 aliphatic rings. The second-order valence-corrected chi connectivity index (χ2v) is 19.7. The standard InChI is InChI=1S/C66H50N2/c1-65(2)59-30-14-11-25-52(59)54-37-34-48(41-61(54)65)67(49-35-38-55-53-26-12-15-31-60(53)66(3,4)62(55)42-49)47-24-17-21-44(39-47)58-40-45(33-36-50(58)43-19-7-5-8-20-43)51-28-18-29-57-56-27-13-16-32-63(56)68(64(51)57)46-22-9-6-10-23-46/h5-42H,1-4H3. The lowest BCUT2D eigenvalue weighted by Crippen LogP contribution is -2.18. The van der Waals surface area contributed by atoms with E-state index in [1.807, 2.05) is 0 Å². The number of fused-ring (bicyclic) bond motifs is 9. The Balaban J connectivity index is 1.02. The molecule has 2 nitrogen and oxygen atoms in total. The molecule has 0 bridgehead atoms. The average Bonchev–Trinajstić information content (AvgIpc) is 3.94. The zero-order valence-electron chi connectivity index (χ0n) is 38.8. The summed E-state index contributed by atoms with van der Waals surface area (Å²) in [6, 6.07) is 85.7.